The third kappa shape index (κ3) is 2.47. The highest BCUT2D eigenvalue weighted by atomic mass is 19.2. The van der Waals surface area contributed by atoms with E-state index in [1.807, 2.05) is 0 Å². The molecule has 2 aliphatic rings. The molecule has 1 aromatic rings. The van der Waals surface area contributed by atoms with Crippen molar-refractivity contribution in [1.29, 1.82) is 0 Å². The number of nitrogens with zero attached hydrogens (tertiary/aromatic N) is 1. The minimum Gasteiger partial charge on any atom is -0.272 e. The molecule has 19 heavy (non-hydrogen) atoms. The van der Waals surface area contributed by atoms with Crippen molar-refractivity contribution in [1.82, 2.24) is 5.06 Å². The fourth-order valence-electron chi connectivity index (χ4n) is 2.53. The number of hydroxylamine groups is 2. The minimum absolute atomic E-state index is 0.00636. The Morgan fingerprint density at radius 1 is 1.26 bits per heavy atom. The molecule has 1 aliphatic carbocycles. The Balaban J connectivity index is 1.66. The van der Waals surface area contributed by atoms with Gasteiger partial charge in [-0.2, -0.15) is 0 Å². The Morgan fingerprint density at radius 3 is 2.79 bits per heavy atom. The maximum atomic E-state index is 13.2. The first-order valence-electron chi connectivity index (χ1n) is 6.56. The molecule has 1 saturated heterocycles. The van der Waals surface area contributed by atoms with Crippen molar-refractivity contribution in [2.75, 3.05) is 13.2 Å². The highest BCUT2D eigenvalue weighted by molar-refractivity contribution is 5.82. The molecule has 2 unspecified atom stereocenters. The van der Waals surface area contributed by atoms with Crippen molar-refractivity contribution in [2.45, 2.75) is 25.2 Å². The molecule has 0 aromatic heterocycles. The summed E-state index contributed by atoms with van der Waals surface area (Å²) in [5.74, 6) is -1.90. The number of hydrogen-bond donors (Lipinski definition) is 0. The molecular weight excluding hydrogens is 252 g/mol. The fraction of sp³-hybridized carbons (Fsp3) is 0.500. The lowest BCUT2D eigenvalue weighted by molar-refractivity contribution is -0.198. The van der Waals surface area contributed by atoms with Crippen molar-refractivity contribution in [3.63, 3.8) is 0 Å². The molecule has 1 saturated carbocycles. The van der Waals surface area contributed by atoms with Gasteiger partial charge in [0.25, 0.3) is 0 Å². The van der Waals surface area contributed by atoms with Crippen LogP contribution in [0.1, 0.15) is 30.7 Å². The topological polar surface area (TPSA) is 29.5 Å². The van der Waals surface area contributed by atoms with Crippen LogP contribution in [0.15, 0.2) is 18.2 Å². The molecule has 1 amide bonds. The third-order valence-corrected chi connectivity index (χ3v) is 3.73. The Labute approximate surface area is 110 Å². The van der Waals surface area contributed by atoms with Crippen molar-refractivity contribution < 1.29 is 18.4 Å². The number of halogens is 2. The van der Waals surface area contributed by atoms with E-state index >= 15 is 0 Å². The summed E-state index contributed by atoms with van der Waals surface area (Å²) in [6.45, 7) is 1.20. The number of hydrogen-bond acceptors (Lipinski definition) is 2. The van der Waals surface area contributed by atoms with Gasteiger partial charge in [0.1, 0.15) is 0 Å². The first-order chi connectivity index (χ1) is 9.16. The van der Waals surface area contributed by atoms with Gasteiger partial charge in [-0.05, 0) is 42.9 Å². The van der Waals surface area contributed by atoms with Crippen molar-refractivity contribution in [3.05, 3.63) is 35.4 Å². The number of amides is 1. The summed E-state index contributed by atoms with van der Waals surface area (Å²) in [6, 6.07) is 3.85. The van der Waals surface area contributed by atoms with Crippen molar-refractivity contribution >= 4 is 5.91 Å². The molecule has 1 aromatic carbocycles. The summed E-state index contributed by atoms with van der Waals surface area (Å²) < 4.78 is 26.0. The van der Waals surface area contributed by atoms with Gasteiger partial charge in [-0.15, -0.1) is 0 Å². The van der Waals surface area contributed by atoms with Crippen LogP contribution >= 0.6 is 0 Å². The first-order valence-corrected chi connectivity index (χ1v) is 6.56. The Kier molecular flexibility index (Phi) is 3.22. The maximum absolute atomic E-state index is 13.2. The second-order valence-electron chi connectivity index (χ2n) is 5.10. The van der Waals surface area contributed by atoms with Crippen molar-refractivity contribution in [2.24, 2.45) is 5.92 Å². The van der Waals surface area contributed by atoms with Gasteiger partial charge in [-0.25, -0.2) is 13.8 Å². The van der Waals surface area contributed by atoms with Crippen LogP contribution in [0.25, 0.3) is 0 Å². The lowest BCUT2D eigenvalue weighted by Gasteiger charge is -2.26. The molecule has 5 heteroatoms. The molecule has 3 nitrogen and oxygen atoms in total. The third-order valence-electron chi connectivity index (χ3n) is 3.73. The molecular formula is C14H15F2NO2. The molecule has 102 valence electrons. The minimum atomic E-state index is -0.857. The predicted molar refractivity (Wildman–Crippen MR) is 64.1 cm³/mol. The van der Waals surface area contributed by atoms with Gasteiger partial charge in [0.15, 0.2) is 11.6 Å². The molecule has 3 rings (SSSR count). The summed E-state index contributed by atoms with van der Waals surface area (Å²) in [4.78, 5) is 17.4. The smallest absolute Gasteiger partial charge is 0.249 e. The van der Waals surface area contributed by atoms with Crippen LogP contribution in [0.2, 0.25) is 0 Å². The average Bonchev–Trinajstić information content (AvgIpc) is 3.22. The van der Waals surface area contributed by atoms with Gasteiger partial charge in [-0.1, -0.05) is 6.07 Å². The molecule has 0 N–H and O–H groups in total. The average molecular weight is 267 g/mol. The van der Waals surface area contributed by atoms with Crippen LogP contribution in [-0.2, 0) is 9.63 Å². The highest BCUT2D eigenvalue weighted by Gasteiger charge is 2.46. The summed E-state index contributed by atoms with van der Waals surface area (Å²) >= 11 is 0. The largest absolute Gasteiger partial charge is 0.272 e. The van der Waals surface area contributed by atoms with Gasteiger partial charge < -0.3 is 0 Å². The Bertz CT molecular complexity index is 500. The predicted octanol–water partition coefficient (Wildman–Crippen LogP) is 2.62. The SMILES string of the molecule is O=C(C1CC1c1ccc(F)c(F)c1)N1CCCCO1. The normalized spacial score (nSPS) is 26.3. The van der Waals surface area contributed by atoms with Crippen LogP contribution in [0, 0.1) is 17.6 Å². The van der Waals surface area contributed by atoms with Gasteiger partial charge >= 0.3 is 0 Å². The fourth-order valence-corrected chi connectivity index (χ4v) is 2.53. The van der Waals surface area contributed by atoms with E-state index in [0.29, 0.717) is 25.1 Å². The Hall–Kier alpha value is -1.49. The molecule has 0 bridgehead atoms. The van der Waals surface area contributed by atoms with Crippen LogP contribution in [0.5, 0.6) is 0 Å². The zero-order chi connectivity index (χ0) is 13.4. The quantitative estimate of drug-likeness (QED) is 0.824. The molecule has 0 radical (unpaired) electrons. The second-order valence-corrected chi connectivity index (χ2v) is 5.10. The van der Waals surface area contributed by atoms with Crippen LogP contribution in [-0.4, -0.2) is 24.1 Å². The van der Waals surface area contributed by atoms with Gasteiger partial charge in [-0.3, -0.25) is 9.63 Å². The zero-order valence-electron chi connectivity index (χ0n) is 10.4. The second kappa shape index (κ2) is 4.89. The summed E-state index contributed by atoms with van der Waals surface area (Å²) in [7, 11) is 0. The monoisotopic (exact) mass is 267 g/mol. The summed E-state index contributed by atoms with van der Waals surface area (Å²) in [6.07, 6.45) is 2.61. The molecule has 1 aliphatic heterocycles. The zero-order valence-corrected chi connectivity index (χ0v) is 10.4. The molecule has 2 fully saturated rings. The van der Waals surface area contributed by atoms with Crippen LogP contribution in [0.3, 0.4) is 0 Å². The van der Waals surface area contributed by atoms with Gasteiger partial charge in [0.05, 0.1) is 6.61 Å². The molecule has 2 atom stereocenters. The lowest BCUT2D eigenvalue weighted by Crippen LogP contribution is -2.37. The van der Waals surface area contributed by atoms with E-state index in [-0.39, 0.29) is 17.7 Å². The van der Waals surface area contributed by atoms with Gasteiger partial charge in [0.2, 0.25) is 5.91 Å². The Morgan fingerprint density at radius 2 is 2.11 bits per heavy atom. The van der Waals surface area contributed by atoms with Crippen molar-refractivity contribution in [3.8, 4) is 0 Å². The molecule has 1 heterocycles. The number of benzene rings is 1. The number of carbonyl (C=O) groups is 1. The van der Waals surface area contributed by atoms with E-state index in [1.165, 1.54) is 11.1 Å². The van der Waals surface area contributed by atoms with E-state index in [4.69, 9.17) is 4.84 Å². The number of rotatable bonds is 2. The number of carbonyl (C=O) groups excluding carboxylic acids is 1. The standard InChI is InChI=1S/C14H15F2NO2/c15-12-4-3-9(7-13(12)16)10-8-11(10)14(18)17-5-1-2-6-19-17/h3-4,7,10-11H,1-2,5-6,8H2. The summed E-state index contributed by atoms with van der Waals surface area (Å²) in [5.41, 5.74) is 0.689. The van der Waals surface area contributed by atoms with E-state index < -0.39 is 11.6 Å². The van der Waals surface area contributed by atoms with Gasteiger partial charge in [0, 0.05) is 12.5 Å². The van der Waals surface area contributed by atoms with Crippen LogP contribution in [0.4, 0.5) is 8.78 Å². The lowest BCUT2D eigenvalue weighted by atomic mass is 10.1. The van der Waals surface area contributed by atoms with Crippen LogP contribution < -0.4 is 0 Å². The van der Waals surface area contributed by atoms with E-state index in [0.717, 1.165) is 18.9 Å². The first kappa shape index (κ1) is 12.5. The van der Waals surface area contributed by atoms with E-state index in [2.05, 4.69) is 0 Å². The van der Waals surface area contributed by atoms with E-state index in [1.54, 1.807) is 6.07 Å². The maximum Gasteiger partial charge on any atom is 0.249 e. The highest BCUT2D eigenvalue weighted by Crippen LogP contribution is 2.48. The molecule has 0 spiro atoms. The summed E-state index contributed by atoms with van der Waals surface area (Å²) in [5, 5.41) is 1.42. The van der Waals surface area contributed by atoms with E-state index in [9.17, 15) is 13.6 Å².